The Morgan fingerprint density at radius 1 is 1.00 bits per heavy atom. The Morgan fingerprint density at radius 2 is 1.71 bits per heavy atom. The highest BCUT2D eigenvalue weighted by Gasteiger charge is 2.07. The molecule has 21 heavy (non-hydrogen) atoms. The number of hydrogen-bond donors (Lipinski definition) is 2. The summed E-state index contributed by atoms with van der Waals surface area (Å²) in [4.78, 5) is 16.4. The fourth-order valence-corrected chi connectivity index (χ4v) is 2.17. The molecular formula is C16H16N4O. The van der Waals surface area contributed by atoms with Crippen molar-refractivity contribution >= 4 is 23.1 Å². The Morgan fingerprint density at radius 3 is 2.48 bits per heavy atom. The fourth-order valence-electron chi connectivity index (χ4n) is 2.17. The van der Waals surface area contributed by atoms with Crippen LogP contribution < -0.4 is 10.6 Å². The summed E-state index contributed by atoms with van der Waals surface area (Å²) >= 11 is 0. The predicted molar refractivity (Wildman–Crippen MR) is 83.7 cm³/mol. The van der Waals surface area contributed by atoms with Crippen LogP contribution in [0, 0.1) is 13.8 Å². The molecule has 0 atom stereocenters. The molecule has 1 aromatic carbocycles. The molecule has 0 fully saturated rings. The van der Waals surface area contributed by atoms with Crippen LogP contribution in [0.3, 0.4) is 0 Å². The topological polar surface area (TPSA) is 58.4 Å². The van der Waals surface area contributed by atoms with Crippen molar-refractivity contribution in [2.45, 2.75) is 13.8 Å². The summed E-state index contributed by atoms with van der Waals surface area (Å²) in [5.41, 5.74) is 4.40. The van der Waals surface area contributed by atoms with E-state index in [1.165, 1.54) is 0 Å². The highest BCUT2D eigenvalue weighted by molar-refractivity contribution is 5.99. The lowest BCUT2D eigenvalue weighted by molar-refractivity contribution is 0.262. The monoisotopic (exact) mass is 280 g/mol. The SMILES string of the molecule is Cc1nc2ccc(NC(=O)Nc3ccccc3)cn2c1C. The minimum atomic E-state index is -0.268. The number of aromatic nitrogens is 2. The Bertz CT molecular complexity index is 793. The standard InChI is InChI=1S/C16H16N4O/c1-11-12(2)20-10-14(8-9-15(20)17-11)19-16(21)18-13-6-4-3-5-7-13/h3-10H,1-2H3,(H2,18,19,21). The van der Waals surface area contributed by atoms with E-state index in [1.807, 2.05) is 66.9 Å². The number of benzene rings is 1. The van der Waals surface area contributed by atoms with E-state index in [1.54, 1.807) is 0 Å². The molecule has 0 radical (unpaired) electrons. The van der Waals surface area contributed by atoms with E-state index < -0.39 is 0 Å². The number of para-hydroxylation sites is 1. The van der Waals surface area contributed by atoms with E-state index in [2.05, 4.69) is 15.6 Å². The normalized spacial score (nSPS) is 10.6. The van der Waals surface area contributed by atoms with Gasteiger partial charge < -0.3 is 15.0 Å². The van der Waals surface area contributed by atoms with Crippen molar-refractivity contribution in [1.82, 2.24) is 9.38 Å². The van der Waals surface area contributed by atoms with Crippen molar-refractivity contribution in [2.75, 3.05) is 10.6 Å². The zero-order chi connectivity index (χ0) is 14.8. The maximum absolute atomic E-state index is 12.0. The number of imidazole rings is 1. The molecule has 0 spiro atoms. The summed E-state index contributed by atoms with van der Waals surface area (Å²) in [6, 6.07) is 12.8. The third kappa shape index (κ3) is 2.72. The highest BCUT2D eigenvalue weighted by atomic mass is 16.2. The Balaban J connectivity index is 1.78. The van der Waals surface area contributed by atoms with E-state index in [0.717, 1.165) is 28.4 Å². The number of fused-ring (bicyclic) bond motifs is 1. The van der Waals surface area contributed by atoms with Crippen molar-refractivity contribution in [3.8, 4) is 0 Å². The molecule has 0 aliphatic rings. The molecule has 3 aromatic rings. The summed E-state index contributed by atoms with van der Waals surface area (Å²) in [5.74, 6) is 0. The molecule has 2 aromatic heterocycles. The van der Waals surface area contributed by atoms with Crippen molar-refractivity contribution in [3.63, 3.8) is 0 Å². The maximum Gasteiger partial charge on any atom is 0.323 e. The second-order valence-corrected chi connectivity index (χ2v) is 4.87. The van der Waals surface area contributed by atoms with Crippen molar-refractivity contribution in [1.29, 1.82) is 0 Å². The van der Waals surface area contributed by atoms with Crippen LogP contribution in [0.25, 0.3) is 5.65 Å². The molecule has 0 bridgehead atoms. The zero-order valence-corrected chi connectivity index (χ0v) is 11.9. The third-order valence-electron chi connectivity index (χ3n) is 3.38. The van der Waals surface area contributed by atoms with Gasteiger partial charge in [0.1, 0.15) is 5.65 Å². The smallest absolute Gasteiger partial charge is 0.308 e. The first kappa shape index (κ1) is 13.2. The second-order valence-electron chi connectivity index (χ2n) is 4.87. The van der Waals surface area contributed by atoms with Crippen LogP contribution in [0.2, 0.25) is 0 Å². The minimum Gasteiger partial charge on any atom is -0.308 e. The maximum atomic E-state index is 12.0. The summed E-state index contributed by atoms with van der Waals surface area (Å²) in [5, 5.41) is 5.60. The van der Waals surface area contributed by atoms with Crippen LogP contribution in [-0.4, -0.2) is 15.4 Å². The largest absolute Gasteiger partial charge is 0.323 e. The van der Waals surface area contributed by atoms with Crippen molar-refractivity contribution in [3.05, 3.63) is 60.0 Å². The average molecular weight is 280 g/mol. The average Bonchev–Trinajstić information content (AvgIpc) is 2.75. The van der Waals surface area contributed by atoms with Crippen LogP contribution in [0.5, 0.6) is 0 Å². The van der Waals surface area contributed by atoms with Gasteiger partial charge in [0.2, 0.25) is 0 Å². The quantitative estimate of drug-likeness (QED) is 0.753. The van der Waals surface area contributed by atoms with Crippen LogP contribution >= 0.6 is 0 Å². The predicted octanol–water partition coefficient (Wildman–Crippen LogP) is 3.60. The van der Waals surface area contributed by atoms with Crippen molar-refractivity contribution < 1.29 is 4.79 Å². The molecule has 0 unspecified atom stereocenters. The molecule has 0 aliphatic heterocycles. The van der Waals surface area contributed by atoms with Crippen LogP contribution in [-0.2, 0) is 0 Å². The van der Waals surface area contributed by atoms with Gasteiger partial charge in [0.25, 0.3) is 0 Å². The molecule has 0 saturated heterocycles. The van der Waals surface area contributed by atoms with E-state index >= 15 is 0 Å². The van der Waals surface area contributed by atoms with Crippen LogP contribution in [0.1, 0.15) is 11.4 Å². The molecule has 5 heteroatoms. The van der Waals surface area contributed by atoms with Gasteiger partial charge in [0.15, 0.2) is 0 Å². The summed E-state index contributed by atoms with van der Waals surface area (Å²) in [6.45, 7) is 3.97. The summed E-state index contributed by atoms with van der Waals surface area (Å²) in [6.07, 6.45) is 1.87. The number of amides is 2. The summed E-state index contributed by atoms with van der Waals surface area (Å²) in [7, 11) is 0. The lowest BCUT2D eigenvalue weighted by Crippen LogP contribution is -2.19. The minimum absolute atomic E-state index is 0.268. The number of pyridine rings is 1. The molecule has 2 heterocycles. The van der Waals surface area contributed by atoms with Gasteiger partial charge in [0, 0.05) is 17.6 Å². The van der Waals surface area contributed by atoms with E-state index in [9.17, 15) is 4.79 Å². The number of hydrogen-bond acceptors (Lipinski definition) is 2. The van der Waals surface area contributed by atoms with Gasteiger partial charge in [0.05, 0.1) is 11.4 Å². The number of urea groups is 1. The first-order chi connectivity index (χ1) is 10.1. The van der Waals surface area contributed by atoms with E-state index in [-0.39, 0.29) is 6.03 Å². The molecule has 2 N–H and O–H groups in total. The number of carbonyl (C=O) groups is 1. The number of nitrogens with zero attached hydrogens (tertiary/aromatic N) is 2. The fraction of sp³-hybridized carbons (Fsp3) is 0.125. The molecular weight excluding hydrogens is 264 g/mol. The molecule has 3 rings (SSSR count). The first-order valence-electron chi connectivity index (χ1n) is 6.72. The Kier molecular flexibility index (Phi) is 3.31. The van der Waals surface area contributed by atoms with E-state index in [4.69, 9.17) is 0 Å². The van der Waals surface area contributed by atoms with Crippen LogP contribution in [0.4, 0.5) is 16.2 Å². The summed E-state index contributed by atoms with van der Waals surface area (Å²) < 4.78 is 1.97. The van der Waals surface area contributed by atoms with Crippen LogP contribution in [0.15, 0.2) is 48.7 Å². The Labute approximate surface area is 122 Å². The Hall–Kier alpha value is -2.82. The van der Waals surface area contributed by atoms with Gasteiger partial charge in [-0.1, -0.05) is 18.2 Å². The number of carbonyl (C=O) groups excluding carboxylic acids is 1. The first-order valence-corrected chi connectivity index (χ1v) is 6.72. The van der Waals surface area contributed by atoms with Gasteiger partial charge in [-0.3, -0.25) is 0 Å². The van der Waals surface area contributed by atoms with E-state index in [0.29, 0.717) is 0 Å². The lowest BCUT2D eigenvalue weighted by Gasteiger charge is -2.08. The van der Waals surface area contributed by atoms with Gasteiger partial charge in [-0.2, -0.15) is 0 Å². The van der Waals surface area contributed by atoms with Gasteiger partial charge in [-0.05, 0) is 38.1 Å². The zero-order valence-electron chi connectivity index (χ0n) is 11.9. The second kappa shape index (κ2) is 5.28. The number of anilines is 2. The molecule has 0 aliphatic carbocycles. The van der Waals surface area contributed by atoms with Gasteiger partial charge in [-0.15, -0.1) is 0 Å². The molecule has 106 valence electrons. The number of rotatable bonds is 2. The molecule has 2 amide bonds. The highest BCUT2D eigenvalue weighted by Crippen LogP contribution is 2.15. The number of aryl methyl sites for hydroxylation is 2. The molecule has 5 nitrogen and oxygen atoms in total. The van der Waals surface area contributed by atoms with Gasteiger partial charge in [-0.25, -0.2) is 9.78 Å². The van der Waals surface area contributed by atoms with Gasteiger partial charge >= 0.3 is 6.03 Å². The molecule has 0 saturated carbocycles. The van der Waals surface area contributed by atoms with Crippen molar-refractivity contribution in [2.24, 2.45) is 0 Å². The lowest BCUT2D eigenvalue weighted by atomic mass is 10.3. The third-order valence-corrected chi connectivity index (χ3v) is 3.38. The number of nitrogens with one attached hydrogen (secondary N) is 2.